The summed E-state index contributed by atoms with van der Waals surface area (Å²) in [4.78, 5) is 21.7. The highest BCUT2D eigenvalue weighted by Gasteiger charge is 2.18. The molecule has 3 rings (SSSR count). The number of hydrogen-bond donors (Lipinski definition) is 0. The Morgan fingerprint density at radius 3 is 2.64 bits per heavy atom. The number of aromatic nitrogens is 3. The predicted octanol–water partition coefficient (Wildman–Crippen LogP) is 5.43. The molecule has 3 aromatic rings. The van der Waals surface area contributed by atoms with Gasteiger partial charge in [0, 0.05) is 33.4 Å². The number of fused-ring (bicyclic) bond motifs is 1. The minimum atomic E-state index is -0.0969. The lowest BCUT2D eigenvalue weighted by molar-refractivity contribution is 0.495. The second kappa shape index (κ2) is 7.14. The number of halogens is 2. The molecular formula is C19H19Cl2N3O. The minimum absolute atomic E-state index is 0.0464. The van der Waals surface area contributed by atoms with Crippen molar-refractivity contribution in [3.8, 4) is 11.1 Å². The summed E-state index contributed by atoms with van der Waals surface area (Å²) in [5.74, 6) is 0. The Labute approximate surface area is 156 Å². The Balaban J connectivity index is 2.35. The molecule has 130 valence electrons. The van der Waals surface area contributed by atoms with E-state index in [2.05, 4.69) is 16.9 Å². The Kier molecular flexibility index (Phi) is 5.11. The number of hydrogen-bond acceptors (Lipinski definition) is 3. The van der Waals surface area contributed by atoms with Crippen LogP contribution in [0.3, 0.4) is 0 Å². The summed E-state index contributed by atoms with van der Waals surface area (Å²) < 4.78 is 1.74. The number of pyridine rings is 1. The second-order valence-electron chi connectivity index (χ2n) is 6.16. The van der Waals surface area contributed by atoms with Crippen LogP contribution in [-0.4, -0.2) is 14.5 Å². The molecule has 2 aromatic heterocycles. The summed E-state index contributed by atoms with van der Waals surface area (Å²) in [6.07, 6.45) is 3.57. The van der Waals surface area contributed by atoms with Crippen LogP contribution in [0.2, 0.25) is 10.0 Å². The van der Waals surface area contributed by atoms with E-state index >= 15 is 0 Å². The quantitative estimate of drug-likeness (QED) is 0.610. The molecule has 2 heterocycles. The smallest absolute Gasteiger partial charge is 0.273 e. The van der Waals surface area contributed by atoms with Crippen molar-refractivity contribution in [2.75, 3.05) is 0 Å². The third-order valence-corrected chi connectivity index (χ3v) is 4.86. The molecule has 0 radical (unpaired) electrons. The van der Waals surface area contributed by atoms with Gasteiger partial charge in [-0.2, -0.15) is 0 Å². The van der Waals surface area contributed by atoms with Crippen molar-refractivity contribution in [3.05, 3.63) is 56.6 Å². The van der Waals surface area contributed by atoms with Crippen LogP contribution < -0.4 is 5.56 Å². The first-order chi connectivity index (χ1) is 11.9. The van der Waals surface area contributed by atoms with Gasteiger partial charge >= 0.3 is 0 Å². The highest BCUT2D eigenvalue weighted by atomic mass is 35.5. The van der Waals surface area contributed by atoms with Gasteiger partial charge in [-0.1, -0.05) is 42.6 Å². The maximum Gasteiger partial charge on any atom is 0.273 e. The lowest BCUT2D eigenvalue weighted by atomic mass is 10.1. The molecule has 0 aliphatic carbocycles. The zero-order valence-electron chi connectivity index (χ0n) is 14.4. The number of aryl methyl sites for hydroxylation is 1. The molecule has 1 aromatic carbocycles. The number of rotatable bonds is 4. The van der Waals surface area contributed by atoms with Crippen molar-refractivity contribution in [1.82, 2.24) is 14.5 Å². The van der Waals surface area contributed by atoms with Gasteiger partial charge in [-0.15, -0.1) is 0 Å². The van der Waals surface area contributed by atoms with Crippen molar-refractivity contribution < 1.29 is 0 Å². The van der Waals surface area contributed by atoms with Crippen LogP contribution in [0.4, 0.5) is 0 Å². The topological polar surface area (TPSA) is 47.8 Å². The summed E-state index contributed by atoms with van der Waals surface area (Å²) in [6, 6.07) is 7.26. The SMILES string of the molecule is CCC[C@H](C)n1c(=O)c(C)nc2c(-c3ccc(Cl)cc3Cl)ccnc21. The van der Waals surface area contributed by atoms with E-state index in [4.69, 9.17) is 23.2 Å². The van der Waals surface area contributed by atoms with Crippen LogP contribution >= 0.6 is 23.2 Å². The second-order valence-corrected chi connectivity index (χ2v) is 7.01. The minimum Gasteiger partial charge on any atom is -0.287 e. The molecule has 6 heteroatoms. The molecule has 0 aliphatic heterocycles. The lowest BCUT2D eigenvalue weighted by Crippen LogP contribution is -2.27. The Morgan fingerprint density at radius 1 is 1.20 bits per heavy atom. The lowest BCUT2D eigenvalue weighted by Gasteiger charge is -2.18. The van der Waals surface area contributed by atoms with Crippen LogP contribution in [0.1, 0.15) is 38.4 Å². The molecule has 0 saturated heterocycles. The Bertz CT molecular complexity index is 998. The molecule has 0 fully saturated rings. The highest BCUT2D eigenvalue weighted by molar-refractivity contribution is 6.36. The molecule has 25 heavy (non-hydrogen) atoms. The van der Waals surface area contributed by atoms with Gasteiger partial charge in [0.05, 0.1) is 0 Å². The summed E-state index contributed by atoms with van der Waals surface area (Å²) in [6.45, 7) is 5.87. The Morgan fingerprint density at radius 2 is 1.96 bits per heavy atom. The van der Waals surface area contributed by atoms with E-state index in [1.807, 2.05) is 19.1 Å². The van der Waals surface area contributed by atoms with Crippen molar-refractivity contribution in [3.63, 3.8) is 0 Å². The largest absolute Gasteiger partial charge is 0.287 e. The average Bonchev–Trinajstić information content (AvgIpc) is 2.56. The van der Waals surface area contributed by atoms with E-state index < -0.39 is 0 Å². The summed E-state index contributed by atoms with van der Waals surface area (Å²) in [5.41, 5.74) is 3.27. The molecule has 0 bridgehead atoms. The van der Waals surface area contributed by atoms with E-state index in [1.54, 1.807) is 29.8 Å². The van der Waals surface area contributed by atoms with Crippen LogP contribution in [0.25, 0.3) is 22.3 Å². The van der Waals surface area contributed by atoms with Gasteiger partial charge in [-0.3, -0.25) is 9.36 Å². The van der Waals surface area contributed by atoms with Crippen LogP contribution in [0.5, 0.6) is 0 Å². The molecule has 0 aliphatic rings. The monoisotopic (exact) mass is 375 g/mol. The molecule has 4 nitrogen and oxygen atoms in total. The van der Waals surface area contributed by atoms with Crippen molar-refractivity contribution >= 4 is 34.4 Å². The number of benzene rings is 1. The Hall–Kier alpha value is -1.91. The predicted molar refractivity (Wildman–Crippen MR) is 104 cm³/mol. The zero-order chi connectivity index (χ0) is 18.1. The van der Waals surface area contributed by atoms with Gasteiger partial charge in [0.15, 0.2) is 5.65 Å². The standard InChI is InChI=1S/C19H19Cl2N3O/c1-4-5-11(2)24-18-17(23-12(3)19(24)25)15(8-9-22-18)14-7-6-13(20)10-16(14)21/h6-11H,4-5H2,1-3H3/t11-/m0/s1. The molecule has 0 amide bonds. The first-order valence-electron chi connectivity index (χ1n) is 8.27. The van der Waals surface area contributed by atoms with Gasteiger partial charge in [-0.05, 0) is 38.5 Å². The van der Waals surface area contributed by atoms with Crippen LogP contribution in [0.15, 0.2) is 35.3 Å². The molecule has 0 unspecified atom stereocenters. The molecule has 0 N–H and O–H groups in total. The van der Waals surface area contributed by atoms with Crippen molar-refractivity contribution in [2.45, 2.75) is 39.7 Å². The van der Waals surface area contributed by atoms with Gasteiger partial charge in [0.1, 0.15) is 11.2 Å². The van der Waals surface area contributed by atoms with Gasteiger partial charge < -0.3 is 0 Å². The average molecular weight is 376 g/mol. The van der Waals surface area contributed by atoms with E-state index in [-0.39, 0.29) is 11.6 Å². The van der Waals surface area contributed by atoms with Gasteiger partial charge in [0.25, 0.3) is 5.56 Å². The van der Waals surface area contributed by atoms with Crippen LogP contribution in [0, 0.1) is 6.92 Å². The molecular weight excluding hydrogens is 357 g/mol. The summed E-state index contributed by atoms with van der Waals surface area (Å²) in [7, 11) is 0. The number of nitrogens with zero attached hydrogens (tertiary/aromatic N) is 3. The fraction of sp³-hybridized carbons (Fsp3) is 0.316. The first kappa shape index (κ1) is 17.9. The zero-order valence-corrected chi connectivity index (χ0v) is 15.9. The van der Waals surface area contributed by atoms with E-state index in [9.17, 15) is 4.79 Å². The van der Waals surface area contributed by atoms with E-state index in [1.165, 1.54) is 0 Å². The fourth-order valence-electron chi connectivity index (χ4n) is 3.10. The van der Waals surface area contributed by atoms with E-state index in [0.29, 0.717) is 26.9 Å². The fourth-order valence-corrected chi connectivity index (χ4v) is 3.61. The highest BCUT2D eigenvalue weighted by Crippen LogP contribution is 2.33. The normalized spacial score (nSPS) is 12.5. The maximum atomic E-state index is 12.7. The summed E-state index contributed by atoms with van der Waals surface area (Å²) >= 11 is 12.4. The molecule has 0 spiro atoms. The van der Waals surface area contributed by atoms with Gasteiger partial charge in [0.2, 0.25) is 0 Å². The van der Waals surface area contributed by atoms with Crippen LogP contribution in [-0.2, 0) is 0 Å². The summed E-state index contributed by atoms with van der Waals surface area (Å²) in [5, 5.41) is 1.11. The first-order valence-corrected chi connectivity index (χ1v) is 9.03. The molecule has 1 atom stereocenters. The van der Waals surface area contributed by atoms with E-state index in [0.717, 1.165) is 24.0 Å². The maximum absolute atomic E-state index is 12.7. The third kappa shape index (κ3) is 3.29. The van der Waals surface area contributed by atoms with Crippen molar-refractivity contribution in [2.24, 2.45) is 0 Å². The molecule has 0 saturated carbocycles. The third-order valence-electron chi connectivity index (χ3n) is 4.31. The van der Waals surface area contributed by atoms with Gasteiger partial charge in [-0.25, -0.2) is 9.97 Å². The van der Waals surface area contributed by atoms with Crippen molar-refractivity contribution in [1.29, 1.82) is 0 Å².